The molecule has 2 saturated heterocycles. The van der Waals surface area contributed by atoms with Gasteiger partial charge < -0.3 is 20.4 Å². The van der Waals surface area contributed by atoms with Gasteiger partial charge in [-0.2, -0.15) is 0 Å². The van der Waals surface area contributed by atoms with Crippen LogP contribution in [0.1, 0.15) is 23.2 Å². The van der Waals surface area contributed by atoms with Crippen molar-refractivity contribution < 1.29 is 22.5 Å². The Hall–Kier alpha value is -4.36. The topological polar surface area (TPSA) is 99.5 Å². The third-order valence-electron chi connectivity index (χ3n) is 7.50. The first-order valence-electron chi connectivity index (χ1n) is 13.1. The van der Waals surface area contributed by atoms with Crippen LogP contribution in [0.3, 0.4) is 0 Å². The first-order valence-corrected chi connectivity index (χ1v) is 13.1. The van der Waals surface area contributed by atoms with Crippen molar-refractivity contribution in [1.82, 2.24) is 20.6 Å². The Morgan fingerprint density at radius 2 is 1.24 bits per heavy atom. The van der Waals surface area contributed by atoms with Crippen molar-refractivity contribution in [3.05, 3.63) is 99.1 Å². The number of nitro benzene ring substituents is 1. The highest BCUT2D eigenvalue weighted by molar-refractivity contribution is 5.83. The molecule has 2 fully saturated rings. The van der Waals surface area contributed by atoms with Crippen LogP contribution in [0, 0.1) is 33.4 Å². The highest BCUT2D eigenvalue weighted by Crippen LogP contribution is 2.39. The van der Waals surface area contributed by atoms with E-state index in [1.807, 2.05) is 9.80 Å². The van der Waals surface area contributed by atoms with E-state index in [1.165, 1.54) is 42.5 Å². The minimum atomic E-state index is -0.719. The third kappa shape index (κ3) is 5.13. The summed E-state index contributed by atoms with van der Waals surface area (Å²) in [7, 11) is 0. The van der Waals surface area contributed by atoms with Gasteiger partial charge in [0.2, 0.25) is 0 Å². The fraction of sp³-hybridized carbons (Fsp3) is 0.286. The number of fused-ring (bicyclic) bond motifs is 1. The van der Waals surface area contributed by atoms with Crippen molar-refractivity contribution in [2.75, 3.05) is 49.1 Å². The predicted octanol–water partition coefficient (Wildman–Crippen LogP) is 4.40. The Morgan fingerprint density at radius 1 is 0.732 bits per heavy atom. The lowest BCUT2D eigenvalue weighted by Gasteiger charge is -2.42. The number of nitrogens with one attached hydrogen (secondary N) is 2. The number of benzene rings is 3. The molecule has 0 amide bonds. The number of rotatable bonds is 5. The van der Waals surface area contributed by atoms with E-state index in [4.69, 9.17) is 9.97 Å². The van der Waals surface area contributed by atoms with Gasteiger partial charge in [0.1, 0.15) is 23.3 Å². The Balaban J connectivity index is 1.54. The summed E-state index contributed by atoms with van der Waals surface area (Å²) in [5.74, 6) is -2.13. The van der Waals surface area contributed by atoms with Crippen LogP contribution in [0.25, 0.3) is 11.0 Å². The smallest absolute Gasteiger partial charge is 0.271 e. The summed E-state index contributed by atoms with van der Waals surface area (Å²) < 4.78 is 57.6. The van der Waals surface area contributed by atoms with Gasteiger partial charge in [0.05, 0.1) is 28.0 Å². The summed E-state index contributed by atoms with van der Waals surface area (Å²) in [5.41, 5.74) is 0.976. The second kappa shape index (κ2) is 10.9. The molecule has 9 nitrogen and oxygen atoms in total. The van der Waals surface area contributed by atoms with Gasteiger partial charge in [0.25, 0.3) is 5.69 Å². The van der Waals surface area contributed by atoms with Crippen molar-refractivity contribution in [3.8, 4) is 0 Å². The highest BCUT2D eigenvalue weighted by atomic mass is 19.1. The van der Waals surface area contributed by atoms with Gasteiger partial charge >= 0.3 is 0 Å². The zero-order chi connectivity index (χ0) is 28.7. The largest absolute Gasteiger partial charge is 0.344 e. The van der Waals surface area contributed by atoms with Crippen LogP contribution in [0.5, 0.6) is 0 Å². The molecule has 3 aromatic carbocycles. The van der Waals surface area contributed by atoms with Crippen LogP contribution in [-0.2, 0) is 0 Å². The predicted molar refractivity (Wildman–Crippen MR) is 145 cm³/mol. The second-order valence-corrected chi connectivity index (χ2v) is 9.96. The van der Waals surface area contributed by atoms with E-state index < -0.39 is 40.3 Å². The van der Waals surface area contributed by atoms with Crippen LogP contribution in [-0.4, -0.2) is 54.2 Å². The minimum absolute atomic E-state index is 0.166. The van der Waals surface area contributed by atoms with E-state index in [9.17, 15) is 18.9 Å². The van der Waals surface area contributed by atoms with Crippen LogP contribution >= 0.6 is 0 Å². The molecule has 0 bridgehead atoms. The van der Waals surface area contributed by atoms with Crippen LogP contribution in [0.15, 0.2) is 54.6 Å². The Kier molecular flexibility index (Phi) is 7.14. The third-order valence-corrected chi connectivity index (χ3v) is 7.50. The molecule has 41 heavy (non-hydrogen) atoms. The number of halogens is 4. The van der Waals surface area contributed by atoms with E-state index in [0.717, 1.165) is 12.1 Å². The van der Waals surface area contributed by atoms with E-state index in [0.29, 0.717) is 56.4 Å². The standard InChI is InChI=1S/C28H25F4N7O2/c29-16-1-4-19(21(31)11-16)25-14-33-7-9-37(25)27-28(36-24-13-18(39(40)41)3-6-23(24)35-27)38-10-8-34-15-26(38)20-5-2-17(30)12-22(20)32/h1-6,11-13,25-26,33-34H,7-10,14-15H2. The van der Waals surface area contributed by atoms with E-state index in [-0.39, 0.29) is 22.3 Å². The summed E-state index contributed by atoms with van der Waals surface area (Å²) in [6.07, 6.45) is 0. The number of hydrogen-bond acceptors (Lipinski definition) is 8. The first kappa shape index (κ1) is 26.8. The van der Waals surface area contributed by atoms with Gasteiger partial charge in [-0.25, -0.2) is 27.5 Å². The lowest BCUT2D eigenvalue weighted by atomic mass is 10.0. The average molecular weight is 568 g/mol. The number of nitrogens with zero attached hydrogens (tertiary/aromatic N) is 5. The Labute approximate surface area is 232 Å². The molecule has 212 valence electrons. The minimum Gasteiger partial charge on any atom is -0.344 e. The monoisotopic (exact) mass is 567 g/mol. The molecule has 2 N–H and O–H groups in total. The number of hydrogen-bond donors (Lipinski definition) is 2. The molecule has 2 atom stereocenters. The Bertz CT molecular complexity index is 1640. The molecule has 0 radical (unpaired) electrons. The first-order chi connectivity index (χ1) is 19.8. The maximum absolute atomic E-state index is 15.0. The molecular formula is C28H25F4N7O2. The van der Waals surface area contributed by atoms with Crippen LogP contribution < -0.4 is 20.4 Å². The van der Waals surface area contributed by atoms with Crippen LogP contribution in [0.4, 0.5) is 34.9 Å². The molecule has 13 heteroatoms. The molecular weight excluding hydrogens is 542 g/mol. The van der Waals surface area contributed by atoms with Crippen molar-refractivity contribution in [3.63, 3.8) is 0 Å². The van der Waals surface area contributed by atoms with Gasteiger partial charge in [-0.1, -0.05) is 12.1 Å². The quantitative estimate of drug-likeness (QED) is 0.208. The fourth-order valence-electron chi connectivity index (χ4n) is 5.54. The molecule has 6 rings (SSSR count). The SMILES string of the molecule is O=[N+]([O-])c1ccc2nc(N3CCNCC3c3ccc(F)cc3F)c(N3CCNCC3c3ccc(F)cc3F)nc2c1. The molecule has 4 aromatic rings. The maximum atomic E-state index is 15.0. The van der Waals surface area contributed by atoms with Gasteiger partial charge in [-0.15, -0.1) is 0 Å². The van der Waals surface area contributed by atoms with E-state index in [2.05, 4.69) is 10.6 Å². The maximum Gasteiger partial charge on any atom is 0.271 e. The van der Waals surface area contributed by atoms with Gasteiger partial charge in [0.15, 0.2) is 11.6 Å². The summed E-state index contributed by atoms with van der Waals surface area (Å²) in [6, 6.07) is 9.76. The lowest BCUT2D eigenvalue weighted by molar-refractivity contribution is -0.384. The molecule has 3 heterocycles. The molecule has 0 aliphatic carbocycles. The second-order valence-electron chi connectivity index (χ2n) is 9.96. The van der Waals surface area contributed by atoms with Crippen molar-refractivity contribution in [2.24, 2.45) is 0 Å². The highest BCUT2D eigenvalue weighted by Gasteiger charge is 2.35. The van der Waals surface area contributed by atoms with E-state index in [1.54, 1.807) is 0 Å². The molecule has 1 aromatic heterocycles. The lowest BCUT2D eigenvalue weighted by Crippen LogP contribution is -2.50. The average Bonchev–Trinajstić information content (AvgIpc) is 2.96. The molecule has 2 aliphatic heterocycles. The summed E-state index contributed by atoms with van der Waals surface area (Å²) in [6.45, 7) is 2.46. The molecule has 2 unspecified atom stereocenters. The zero-order valence-electron chi connectivity index (χ0n) is 21.7. The number of anilines is 2. The van der Waals surface area contributed by atoms with Gasteiger partial charge in [0, 0.05) is 74.7 Å². The normalized spacial score (nSPS) is 19.5. The van der Waals surface area contributed by atoms with Crippen molar-refractivity contribution in [1.29, 1.82) is 0 Å². The Morgan fingerprint density at radius 3 is 1.73 bits per heavy atom. The fourth-order valence-corrected chi connectivity index (χ4v) is 5.54. The van der Waals surface area contributed by atoms with E-state index >= 15 is 8.78 Å². The van der Waals surface area contributed by atoms with Crippen LogP contribution in [0.2, 0.25) is 0 Å². The molecule has 0 spiro atoms. The van der Waals surface area contributed by atoms with Gasteiger partial charge in [-0.3, -0.25) is 10.1 Å². The number of non-ortho nitro benzene ring substituents is 1. The number of nitro groups is 1. The molecule has 0 saturated carbocycles. The van der Waals surface area contributed by atoms with Gasteiger partial charge in [-0.05, 0) is 18.2 Å². The number of piperazine rings is 2. The summed E-state index contributed by atoms with van der Waals surface area (Å²) in [4.78, 5) is 24.4. The zero-order valence-corrected chi connectivity index (χ0v) is 21.7. The summed E-state index contributed by atoms with van der Waals surface area (Å²) >= 11 is 0. The molecule has 2 aliphatic rings. The van der Waals surface area contributed by atoms with Crippen molar-refractivity contribution in [2.45, 2.75) is 12.1 Å². The number of aromatic nitrogens is 2. The summed E-state index contributed by atoms with van der Waals surface area (Å²) in [5, 5.41) is 18.0. The van der Waals surface area contributed by atoms with Crippen molar-refractivity contribution >= 4 is 28.4 Å².